The zero-order chi connectivity index (χ0) is 15.1. The molecule has 20 heavy (non-hydrogen) atoms. The van der Waals surface area contributed by atoms with Gasteiger partial charge in [-0.2, -0.15) is 0 Å². The number of rotatable bonds is 7. The van der Waals surface area contributed by atoms with E-state index >= 15 is 0 Å². The monoisotopic (exact) mass is 363 g/mol. The first-order valence-electron chi connectivity index (χ1n) is 5.97. The van der Waals surface area contributed by atoms with Crippen LogP contribution in [-0.4, -0.2) is 30.1 Å². The van der Waals surface area contributed by atoms with E-state index in [-0.39, 0.29) is 12.5 Å². The predicted octanol–water partition coefficient (Wildman–Crippen LogP) is 2.71. The fourth-order valence-electron chi connectivity index (χ4n) is 1.34. The lowest BCUT2D eigenvalue weighted by Crippen LogP contribution is -2.31. The van der Waals surface area contributed by atoms with E-state index in [4.69, 9.17) is 21.4 Å². The maximum absolute atomic E-state index is 11.5. The van der Waals surface area contributed by atoms with Crippen molar-refractivity contribution in [3.8, 4) is 5.75 Å². The Bertz CT molecular complexity index is 495. The van der Waals surface area contributed by atoms with Crippen LogP contribution in [0.2, 0.25) is 5.02 Å². The Labute approximate surface area is 130 Å². The lowest BCUT2D eigenvalue weighted by molar-refractivity contribution is -0.141. The molecule has 0 fully saturated rings. The first kappa shape index (κ1) is 16.8. The molecule has 2 N–H and O–H groups in total. The van der Waals surface area contributed by atoms with Crippen LogP contribution in [0.15, 0.2) is 22.7 Å². The molecule has 0 aliphatic rings. The summed E-state index contributed by atoms with van der Waals surface area (Å²) in [4.78, 5) is 22.1. The largest absolute Gasteiger partial charge is 0.483 e. The smallest absolute Gasteiger partial charge is 0.306 e. The lowest BCUT2D eigenvalue weighted by Gasteiger charge is -2.10. The summed E-state index contributed by atoms with van der Waals surface area (Å²) in [5.41, 5.74) is 0. The summed E-state index contributed by atoms with van der Waals surface area (Å²) in [6.07, 6.45) is 0.381. The van der Waals surface area contributed by atoms with Gasteiger partial charge in [-0.25, -0.2) is 0 Å². The van der Waals surface area contributed by atoms with Crippen LogP contribution in [0.25, 0.3) is 0 Å². The van der Waals surface area contributed by atoms with E-state index in [1.54, 1.807) is 25.1 Å². The first-order valence-corrected chi connectivity index (χ1v) is 7.14. The van der Waals surface area contributed by atoms with Crippen LogP contribution >= 0.6 is 27.5 Å². The fraction of sp³-hybridized carbons (Fsp3) is 0.385. The van der Waals surface area contributed by atoms with E-state index in [2.05, 4.69) is 21.2 Å². The Hall–Kier alpha value is -1.27. The Morgan fingerprint density at radius 3 is 2.80 bits per heavy atom. The van der Waals surface area contributed by atoms with Crippen molar-refractivity contribution >= 4 is 39.4 Å². The van der Waals surface area contributed by atoms with Crippen molar-refractivity contribution < 1.29 is 19.4 Å². The molecule has 0 aliphatic carbocycles. The van der Waals surface area contributed by atoms with Gasteiger partial charge in [0.25, 0.3) is 5.91 Å². The van der Waals surface area contributed by atoms with Gasteiger partial charge in [-0.3, -0.25) is 9.59 Å². The minimum atomic E-state index is -0.874. The van der Waals surface area contributed by atoms with Gasteiger partial charge in [0, 0.05) is 11.6 Å². The number of carboxylic acid groups (broad SMARTS) is 1. The Morgan fingerprint density at radius 1 is 1.50 bits per heavy atom. The molecule has 7 heteroatoms. The van der Waals surface area contributed by atoms with Crippen LogP contribution in [0.4, 0.5) is 0 Å². The Morgan fingerprint density at radius 2 is 2.20 bits per heavy atom. The van der Waals surface area contributed by atoms with Gasteiger partial charge in [0.2, 0.25) is 0 Å². The Kier molecular flexibility index (Phi) is 6.81. The molecule has 1 rings (SSSR count). The van der Waals surface area contributed by atoms with Crippen molar-refractivity contribution in [2.75, 3.05) is 13.2 Å². The highest BCUT2D eigenvalue weighted by Crippen LogP contribution is 2.27. The van der Waals surface area contributed by atoms with E-state index < -0.39 is 11.9 Å². The van der Waals surface area contributed by atoms with E-state index in [0.29, 0.717) is 28.2 Å². The number of hydrogen-bond acceptors (Lipinski definition) is 3. The van der Waals surface area contributed by atoms with Gasteiger partial charge in [-0.05, 0) is 40.5 Å². The molecule has 1 unspecified atom stereocenters. The zero-order valence-corrected chi connectivity index (χ0v) is 13.2. The van der Waals surface area contributed by atoms with E-state index in [0.717, 1.165) is 0 Å². The third-order valence-corrected chi connectivity index (χ3v) is 3.43. The summed E-state index contributed by atoms with van der Waals surface area (Å²) in [5, 5.41) is 11.9. The molecule has 0 saturated carbocycles. The second-order valence-electron chi connectivity index (χ2n) is 4.24. The highest BCUT2D eigenvalue weighted by atomic mass is 79.9. The number of aliphatic carboxylic acids is 1. The SMILES string of the molecule is CC(CCNC(=O)COc1ccc(Cl)cc1Br)C(=O)O. The van der Waals surface area contributed by atoms with Crippen LogP contribution in [0.1, 0.15) is 13.3 Å². The molecule has 0 spiro atoms. The molecule has 1 aromatic rings. The molecule has 0 saturated heterocycles. The minimum Gasteiger partial charge on any atom is -0.483 e. The van der Waals surface area contributed by atoms with Crippen molar-refractivity contribution in [1.82, 2.24) is 5.32 Å². The van der Waals surface area contributed by atoms with Crippen molar-refractivity contribution in [1.29, 1.82) is 0 Å². The maximum atomic E-state index is 11.5. The van der Waals surface area contributed by atoms with Crippen molar-refractivity contribution in [2.24, 2.45) is 5.92 Å². The van der Waals surface area contributed by atoms with E-state index in [1.165, 1.54) is 0 Å². The predicted molar refractivity (Wildman–Crippen MR) is 79.1 cm³/mol. The van der Waals surface area contributed by atoms with Crippen molar-refractivity contribution in [3.05, 3.63) is 27.7 Å². The van der Waals surface area contributed by atoms with Crippen LogP contribution in [0, 0.1) is 5.92 Å². The number of nitrogens with one attached hydrogen (secondary N) is 1. The first-order chi connectivity index (χ1) is 9.40. The highest BCUT2D eigenvalue weighted by molar-refractivity contribution is 9.10. The molecule has 5 nitrogen and oxygen atoms in total. The maximum Gasteiger partial charge on any atom is 0.306 e. The molecule has 0 bridgehead atoms. The van der Waals surface area contributed by atoms with Crippen LogP contribution in [0.3, 0.4) is 0 Å². The third kappa shape index (κ3) is 5.79. The second-order valence-corrected chi connectivity index (χ2v) is 5.53. The summed E-state index contributed by atoms with van der Waals surface area (Å²) < 4.78 is 5.99. The molecule has 1 aromatic carbocycles. The molecule has 1 amide bonds. The molecule has 1 atom stereocenters. The van der Waals surface area contributed by atoms with E-state index in [9.17, 15) is 9.59 Å². The number of halogens is 2. The summed E-state index contributed by atoms with van der Waals surface area (Å²) in [6, 6.07) is 4.99. The van der Waals surface area contributed by atoms with Gasteiger partial charge in [-0.15, -0.1) is 0 Å². The van der Waals surface area contributed by atoms with Crippen molar-refractivity contribution in [2.45, 2.75) is 13.3 Å². The third-order valence-electron chi connectivity index (χ3n) is 2.57. The Balaban J connectivity index is 2.31. The molecular weight excluding hydrogens is 350 g/mol. The summed E-state index contributed by atoms with van der Waals surface area (Å²) in [5.74, 6) is -1.14. The quantitative estimate of drug-likeness (QED) is 0.780. The number of amides is 1. The normalized spacial score (nSPS) is 11.8. The van der Waals surface area contributed by atoms with Gasteiger partial charge in [-0.1, -0.05) is 18.5 Å². The van der Waals surface area contributed by atoms with Gasteiger partial charge >= 0.3 is 5.97 Å². The standard InChI is InChI=1S/C13H15BrClNO4/c1-8(13(18)19)4-5-16-12(17)7-20-11-3-2-9(15)6-10(11)14/h2-3,6,8H,4-5,7H2,1H3,(H,16,17)(H,18,19). The molecule has 110 valence electrons. The van der Waals surface area contributed by atoms with Gasteiger partial charge in [0.1, 0.15) is 5.75 Å². The van der Waals surface area contributed by atoms with Crippen LogP contribution in [-0.2, 0) is 9.59 Å². The van der Waals surface area contributed by atoms with Crippen LogP contribution < -0.4 is 10.1 Å². The van der Waals surface area contributed by atoms with Gasteiger partial charge in [0.05, 0.1) is 10.4 Å². The fourth-order valence-corrected chi connectivity index (χ4v) is 2.14. The number of carbonyl (C=O) groups excluding carboxylic acids is 1. The number of benzene rings is 1. The summed E-state index contributed by atoms with van der Waals surface area (Å²) in [6.45, 7) is 1.76. The average molecular weight is 365 g/mol. The number of hydrogen-bond donors (Lipinski definition) is 2. The lowest BCUT2D eigenvalue weighted by atomic mass is 10.1. The minimum absolute atomic E-state index is 0.137. The molecule has 0 aromatic heterocycles. The van der Waals surface area contributed by atoms with Crippen LogP contribution in [0.5, 0.6) is 5.75 Å². The highest BCUT2D eigenvalue weighted by Gasteiger charge is 2.11. The zero-order valence-electron chi connectivity index (χ0n) is 10.9. The van der Waals surface area contributed by atoms with Gasteiger partial charge in [0.15, 0.2) is 6.61 Å². The summed E-state index contributed by atoms with van der Waals surface area (Å²) in [7, 11) is 0. The second kappa shape index (κ2) is 8.11. The van der Waals surface area contributed by atoms with Crippen molar-refractivity contribution in [3.63, 3.8) is 0 Å². The van der Waals surface area contributed by atoms with Gasteiger partial charge < -0.3 is 15.2 Å². The summed E-state index contributed by atoms with van der Waals surface area (Å²) >= 11 is 9.07. The number of carbonyl (C=O) groups is 2. The molecular formula is C13H15BrClNO4. The molecule has 0 heterocycles. The molecule has 0 aliphatic heterocycles. The average Bonchev–Trinajstić information content (AvgIpc) is 2.37. The van der Waals surface area contributed by atoms with E-state index in [1.807, 2.05) is 0 Å². The molecule has 0 radical (unpaired) electrons. The number of ether oxygens (including phenoxy) is 1. The topological polar surface area (TPSA) is 75.6 Å². The number of carboxylic acids is 1.